The summed E-state index contributed by atoms with van der Waals surface area (Å²) in [6.45, 7) is 0.767. The van der Waals surface area contributed by atoms with Crippen molar-refractivity contribution >= 4 is 56.8 Å². The fourth-order valence-electron chi connectivity index (χ4n) is 1.81. The number of carboxylic acid groups (broad SMARTS) is 1. The van der Waals surface area contributed by atoms with Gasteiger partial charge in [0.25, 0.3) is 0 Å². The van der Waals surface area contributed by atoms with Crippen LogP contribution in [0.15, 0.2) is 18.2 Å². The van der Waals surface area contributed by atoms with E-state index in [1.165, 1.54) is 9.13 Å². The Hall–Kier alpha value is -0.0900. The zero-order valence-electron chi connectivity index (χ0n) is 8.91. The van der Waals surface area contributed by atoms with Crippen LogP contribution < -0.4 is 10.6 Å². The molecule has 2 atom stereocenters. The SMILES string of the molecule is O=C(O)CC1Nc2ccc(I)cc2CN[C@H]1I. The number of halogens is 2. The van der Waals surface area contributed by atoms with Gasteiger partial charge in [0.1, 0.15) is 0 Å². The van der Waals surface area contributed by atoms with Crippen LogP contribution in [0, 0.1) is 3.57 Å². The minimum absolute atomic E-state index is 0.0885. The molecule has 0 saturated carbocycles. The summed E-state index contributed by atoms with van der Waals surface area (Å²) in [4.78, 5) is 10.8. The Kier molecular flexibility index (Phi) is 4.47. The number of aliphatic carboxylic acids is 1. The second-order valence-electron chi connectivity index (χ2n) is 3.93. The van der Waals surface area contributed by atoms with Gasteiger partial charge >= 0.3 is 5.97 Å². The molecule has 0 bridgehead atoms. The predicted molar refractivity (Wildman–Crippen MR) is 83.5 cm³/mol. The molecule has 92 valence electrons. The summed E-state index contributed by atoms with van der Waals surface area (Å²) in [6, 6.07) is 6.07. The van der Waals surface area contributed by atoms with Gasteiger partial charge in [-0.05, 0) is 46.4 Å². The first-order chi connectivity index (χ1) is 8.06. The molecule has 0 fully saturated rings. The van der Waals surface area contributed by atoms with Gasteiger partial charge in [-0.1, -0.05) is 22.6 Å². The van der Waals surface area contributed by atoms with E-state index in [0.29, 0.717) is 0 Å². The van der Waals surface area contributed by atoms with E-state index < -0.39 is 5.97 Å². The molecule has 4 nitrogen and oxygen atoms in total. The van der Waals surface area contributed by atoms with Crippen molar-refractivity contribution in [1.82, 2.24) is 5.32 Å². The van der Waals surface area contributed by atoms with Crippen molar-refractivity contribution < 1.29 is 9.90 Å². The lowest BCUT2D eigenvalue weighted by Gasteiger charge is -2.20. The molecular weight excluding hydrogens is 446 g/mol. The van der Waals surface area contributed by atoms with E-state index in [1.54, 1.807) is 0 Å². The monoisotopic (exact) mass is 458 g/mol. The minimum atomic E-state index is -0.778. The van der Waals surface area contributed by atoms with Crippen LogP contribution in [0.4, 0.5) is 5.69 Å². The van der Waals surface area contributed by atoms with Crippen LogP contribution in [0.2, 0.25) is 0 Å². The summed E-state index contributed by atoms with van der Waals surface area (Å²) in [5, 5.41) is 15.5. The van der Waals surface area contributed by atoms with Crippen molar-refractivity contribution in [2.45, 2.75) is 23.1 Å². The Bertz CT molecular complexity index is 439. The fourth-order valence-corrected chi connectivity index (χ4v) is 3.02. The highest BCUT2D eigenvalue weighted by molar-refractivity contribution is 14.1. The molecule has 1 heterocycles. The van der Waals surface area contributed by atoms with E-state index in [-0.39, 0.29) is 16.5 Å². The van der Waals surface area contributed by atoms with Gasteiger partial charge in [-0.3, -0.25) is 10.1 Å². The van der Waals surface area contributed by atoms with E-state index in [9.17, 15) is 4.79 Å². The second kappa shape index (κ2) is 5.70. The molecule has 0 aromatic heterocycles. The van der Waals surface area contributed by atoms with Crippen molar-refractivity contribution in [3.63, 3.8) is 0 Å². The summed E-state index contributed by atoms with van der Waals surface area (Å²) < 4.78 is 1.29. The maximum atomic E-state index is 10.8. The van der Waals surface area contributed by atoms with Crippen LogP contribution in [0.5, 0.6) is 0 Å². The highest BCUT2D eigenvalue weighted by atomic mass is 127. The first-order valence-corrected chi connectivity index (χ1v) is 7.53. The Morgan fingerprint density at radius 1 is 1.53 bits per heavy atom. The Morgan fingerprint density at radius 3 is 3.00 bits per heavy atom. The largest absolute Gasteiger partial charge is 0.481 e. The molecular formula is C11H12I2N2O2. The zero-order valence-corrected chi connectivity index (χ0v) is 13.2. The number of fused-ring (bicyclic) bond motifs is 1. The number of nitrogens with one attached hydrogen (secondary N) is 2. The van der Waals surface area contributed by atoms with Crippen molar-refractivity contribution in [2.24, 2.45) is 0 Å². The predicted octanol–water partition coefficient (Wildman–Crippen LogP) is 2.41. The third-order valence-electron chi connectivity index (χ3n) is 2.64. The molecule has 1 aliphatic rings. The normalized spacial score (nSPS) is 23.4. The number of hydrogen-bond acceptors (Lipinski definition) is 3. The van der Waals surface area contributed by atoms with Gasteiger partial charge in [-0.15, -0.1) is 0 Å². The van der Waals surface area contributed by atoms with Gasteiger partial charge in [0.2, 0.25) is 0 Å². The first kappa shape index (κ1) is 13.3. The summed E-state index contributed by atoms with van der Waals surface area (Å²) in [6.07, 6.45) is 0.117. The third-order valence-corrected chi connectivity index (χ3v) is 4.62. The number of carboxylic acids is 1. The quantitative estimate of drug-likeness (QED) is 0.362. The zero-order chi connectivity index (χ0) is 12.4. The number of rotatable bonds is 2. The first-order valence-electron chi connectivity index (χ1n) is 5.20. The molecule has 1 aromatic rings. The highest BCUT2D eigenvalue weighted by Crippen LogP contribution is 2.25. The molecule has 0 aliphatic carbocycles. The fraction of sp³-hybridized carbons (Fsp3) is 0.364. The van der Waals surface area contributed by atoms with E-state index in [1.807, 2.05) is 12.1 Å². The molecule has 0 radical (unpaired) electrons. The van der Waals surface area contributed by atoms with E-state index in [0.717, 1.165) is 12.2 Å². The number of carbonyl (C=O) groups is 1. The summed E-state index contributed by atoms with van der Waals surface area (Å²) in [7, 11) is 0. The lowest BCUT2D eigenvalue weighted by atomic mass is 10.1. The Morgan fingerprint density at radius 2 is 2.29 bits per heavy atom. The van der Waals surface area contributed by atoms with Crippen molar-refractivity contribution in [3.05, 3.63) is 27.3 Å². The Balaban J connectivity index is 2.24. The van der Waals surface area contributed by atoms with Gasteiger partial charge < -0.3 is 10.4 Å². The molecule has 1 aromatic carbocycles. The smallest absolute Gasteiger partial charge is 0.305 e. The van der Waals surface area contributed by atoms with Gasteiger partial charge in [-0.2, -0.15) is 0 Å². The maximum absolute atomic E-state index is 10.8. The lowest BCUT2D eigenvalue weighted by molar-refractivity contribution is -0.137. The summed E-state index contributed by atoms with van der Waals surface area (Å²) in [5.41, 5.74) is 2.22. The van der Waals surface area contributed by atoms with Crippen LogP contribution in [-0.4, -0.2) is 21.2 Å². The molecule has 6 heteroatoms. The molecule has 1 unspecified atom stereocenters. The van der Waals surface area contributed by atoms with Crippen LogP contribution in [-0.2, 0) is 11.3 Å². The van der Waals surface area contributed by atoms with Gasteiger partial charge in [-0.25, -0.2) is 0 Å². The van der Waals surface area contributed by atoms with Crippen molar-refractivity contribution in [3.8, 4) is 0 Å². The van der Waals surface area contributed by atoms with Gasteiger partial charge in [0, 0.05) is 15.8 Å². The van der Waals surface area contributed by atoms with Crippen LogP contribution in [0.1, 0.15) is 12.0 Å². The average Bonchev–Trinajstić information content (AvgIpc) is 2.40. The number of anilines is 1. The molecule has 0 saturated heterocycles. The Labute approximate surface area is 127 Å². The molecule has 1 aliphatic heterocycles. The number of hydrogen-bond donors (Lipinski definition) is 3. The maximum Gasteiger partial charge on any atom is 0.305 e. The number of alkyl halides is 1. The van der Waals surface area contributed by atoms with Crippen LogP contribution >= 0.6 is 45.2 Å². The number of benzene rings is 1. The lowest BCUT2D eigenvalue weighted by Crippen LogP contribution is -2.38. The summed E-state index contributed by atoms with van der Waals surface area (Å²) in [5.74, 6) is -0.778. The van der Waals surface area contributed by atoms with E-state index >= 15 is 0 Å². The van der Waals surface area contributed by atoms with Crippen LogP contribution in [0.25, 0.3) is 0 Å². The van der Waals surface area contributed by atoms with Gasteiger partial charge in [0.15, 0.2) is 0 Å². The van der Waals surface area contributed by atoms with Gasteiger partial charge in [0.05, 0.1) is 16.5 Å². The van der Waals surface area contributed by atoms with Crippen LogP contribution in [0.3, 0.4) is 0 Å². The standard InChI is InChI=1S/C11H12I2N2O2/c12-7-1-2-8-6(3-7)5-14-11(13)9(15-8)4-10(16)17/h1-3,9,11,14-15H,4-5H2,(H,16,17)/t9?,11-/m1/s1. The molecule has 0 spiro atoms. The molecule has 3 N–H and O–H groups in total. The van der Waals surface area contributed by atoms with Crippen molar-refractivity contribution in [1.29, 1.82) is 0 Å². The van der Waals surface area contributed by atoms with Crippen molar-refractivity contribution in [2.75, 3.05) is 5.32 Å². The average molecular weight is 458 g/mol. The second-order valence-corrected chi connectivity index (χ2v) is 6.52. The molecule has 17 heavy (non-hydrogen) atoms. The van der Waals surface area contributed by atoms with E-state index in [4.69, 9.17) is 5.11 Å². The third kappa shape index (κ3) is 3.44. The molecule has 0 amide bonds. The minimum Gasteiger partial charge on any atom is -0.481 e. The summed E-state index contributed by atoms with van der Waals surface area (Å²) >= 11 is 4.52. The van der Waals surface area contributed by atoms with E-state index in [2.05, 4.69) is 61.9 Å². The highest BCUT2D eigenvalue weighted by Gasteiger charge is 2.25. The topological polar surface area (TPSA) is 61.4 Å². The molecule has 2 rings (SSSR count).